The number of imidazole rings is 1. The summed E-state index contributed by atoms with van der Waals surface area (Å²) in [6.45, 7) is 5.48. The van der Waals surface area contributed by atoms with Gasteiger partial charge in [0.1, 0.15) is 37.0 Å². The van der Waals surface area contributed by atoms with Crippen molar-refractivity contribution in [3.05, 3.63) is 54.4 Å². The molecule has 1 amide bonds. The van der Waals surface area contributed by atoms with Gasteiger partial charge in [0.05, 0.1) is 5.56 Å². The molecule has 1 saturated heterocycles. The second kappa shape index (κ2) is 7.66. The number of carbonyl (C=O) groups is 1. The largest absolute Gasteiger partial charge is 0.486 e. The Kier molecular flexibility index (Phi) is 4.70. The minimum absolute atomic E-state index is 0.0329. The number of aryl methyl sites for hydroxylation is 1. The lowest BCUT2D eigenvalue weighted by atomic mass is 10.1. The number of carbonyl (C=O) groups excluding carboxylic acids is 1. The fourth-order valence-electron chi connectivity index (χ4n) is 3.81. The van der Waals surface area contributed by atoms with Gasteiger partial charge in [0.15, 0.2) is 11.5 Å². The fraction of sp³-hybridized carbons (Fsp3) is 0.333. The highest BCUT2D eigenvalue weighted by Crippen LogP contribution is 2.34. The lowest BCUT2D eigenvalue weighted by molar-refractivity contribution is 0.0736. The molecule has 1 fully saturated rings. The predicted molar refractivity (Wildman–Crippen MR) is 109 cm³/mol. The molecule has 0 N–H and O–H groups in total. The molecule has 0 bridgehead atoms. The standard InChI is InChI=1S/C21H22N6O3/c1-15-22-5-6-27(15)19-13-18(23-14-24-19)25-7-9-26(10-8-25)21(28)16-3-2-4-17-20(16)30-12-11-29-17/h2-6,13-14H,7-12H2,1H3. The number of hydrogen-bond acceptors (Lipinski definition) is 7. The summed E-state index contributed by atoms with van der Waals surface area (Å²) in [5, 5.41) is 0. The van der Waals surface area contributed by atoms with Crippen LogP contribution in [-0.2, 0) is 0 Å². The van der Waals surface area contributed by atoms with Gasteiger partial charge >= 0.3 is 0 Å². The number of anilines is 1. The molecule has 154 valence electrons. The van der Waals surface area contributed by atoms with E-state index < -0.39 is 0 Å². The lowest BCUT2D eigenvalue weighted by Gasteiger charge is -2.36. The van der Waals surface area contributed by atoms with Gasteiger partial charge in [0, 0.05) is 44.6 Å². The Balaban J connectivity index is 1.29. The number of benzene rings is 1. The highest BCUT2D eigenvalue weighted by atomic mass is 16.6. The molecule has 2 aromatic heterocycles. The molecular weight excluding hydrogens is 384 g/mol. The number of piperazine rings is 1. The molecule has 2 aliphatic rings. The van der Waals surface area contributed by atoms with E-state index in [2.05, 4.69) is 19.9 Å². The topological polar surface area (TPSA) is 85.6 Å². The van der Waals surface area contributed by atoms with Crippen LogP contribution in [0.2, 0.25) is 0 Å². The van der Waals surface area contributed by atoms with Crippen molar-refractivity contribution >= 4 is 11.7 Å². The van der Waals surface area contributed by atoms with E-state index in [1.54, 1.807) is 18.6 Å². The van der Waals surface area contributed by atoms with E-state index in [-0.39, 0.29) is 5.91 Å². The highest BCUT2D eigenvalue weighted by molar-refractivity contribution is 5.98. The molecule has 9 heteroatoms. The van der Waals surface area contributed by atoms with Gasteiger partial charge in [0.2, 0.25) is 0 Å². The summed E-state index contributed by atoms with van der Waals surface area (Å²) in [6, 6.07) is 7.41. The fourth-order valence-corrected chi connectivity index (χ4v) is 3.81. The monoisotopic (exact) mass is 406 g/mol. The number of amides is 1. The molecule has 9 nitrogen and oxygen atoms in total. The van der Waals surface area contributed by atoms with E-state index in [1.807, 2.05) is 40.8 Å². The SMILES string of the molecule is Cc1nccn1-c1cc(N2CCN(C(=O)c3cccc4c3OCCO4)CC2)ncn1. The Bertz CT molecular complexity index is 1070. The van der Waals surface area contributed by atoms with Gasteiger partial charge in [-0.2, -0.15) is 0 Å². The minimum atomic E-state index is -0.0329. The number of para-hydroxylation sites is 1. The number of fused-ring (bicyclic) bond motifs is 1. The van der Waals surface area contributed by atoms with Gasteiger partial charge < -0.3 is 19.3 Å². The quantitative estimate of drug-likeness (QED) is 0.654. The van der Waals surface area contributed by atoms with Crippen molar-refractivity contribution in [2.45, 2.75) is 6.92 Å². The summed E-state index contributed by atoms with van der Waals surface area (Å²) in [4.78, 5) is 30.2. The second-order valence-corrected chi connectivity index (χ2v) is 7.19. The minimum Gasteiger partial charge on any atom is -0.486 e. The first kappa shape index (κ1) is 18.4. The molecule has 0 unspecified atom stereocenters. The van der Waals surface area contributed by atoms with Crippen molar-refractivity contribution in [3.8, 4) is 17.3 Å². The third-order valence-electron chi connectivity index (χ3n) is 5.40. The Morgan fingerprint density at radius 3 is 2.60 bits per heavy atom. The van der Waals surface area contributed by atoms with Crippen LogP contribution in [-0.4, -0.2) is 69.7 Å². The lowest BCUT2D eigenvalue weighted by Crippen LogP contribution is -2.49. The van der Waals surface area contributed by atoms with Crippen LogP contribution in [0, 0.1) is 6.92 Å². The van der Waals surface area contributed by atoms with Crippen molar-refractivity contribution in [1.82, 2.24) is 24.4 Å². The predicted octanol–water partition coefficient (Wildman–Crippen LogP) is 1.70. The molecule has 2 aliphatic heterocycles. The molecule has 0 atom stereocenters. The van der Waals surface area contributed by atoms with Crippen LogP contribution in [0.15, 0.2) is 43.0 Å². The van der Waals surface area contributed by atoms with Crippen molar-refractivity contribution in [2.75, 3.05) is 44.3 Å². The van der Waals surface area contributed by atoms with Crippen molar-refractivity contribution < 1.29 is 14.3 Å². The zero-order chi connectivity index (χ0) is 20.5. The van der Waals surface area contributed by atoms with Crippen LogP contribution in [0.25, 0.3) is 5.82 Å². The smallest absolute Gasteiger partial charge is 0.257 e. The number of ether oxygens (including phenoxy) is 2. The Hall–Kier alpha value is -3.62. The third kappa shape index (κ3) is 3.32. The summed E-state index contributed by atoms with van der Waals surface area (Å²) in [7, 11) is 0. The van der Waals surface area contributed by atoms with Crippen LogP contribution >= 0.6 is 0 Å². The highest BCUT2D eigenvalue weighted by Gasteiger charge is 2.27. The molecule has 3 aromatic rings. The number of hydrogen-bond donors (Lipinski definition) is 0. The van der Waals surface area contributed by atoms with Gasteiger partial charge in [-0.15, -0.1) is 0 Å². The van der Waals surface area contributed by atoms with Crippen LogP contribution in [0.1, 0.15) is 16.2 Å². The zero-order valence-electron chi connectivity index (χ0n) is 16.7. The number of nitrogens with zero attached hydrogens (tertiary/aromatic N) is 6. The van der Waals surface area contributed by atoms with Gasteiger partial charge in [0.25, 0.3) is 5.91 Å². The molecule has 0 saturated carbocycles. The molecule has 5 rings (SSSR count). The number of aromatic nitrogens is 4. The van der Waals surface area contributed by atoms with E-state index >= 15 is 0 Å². The van der Waals surface area contributed by atoms with Crippen molar-refractivity contribution in [2.24, 2.45) is 0 Å². The average molecular weight is 406 g/mol. The van der Waals surface area contributed by atoms with Gasteiger partial charge in [-0.1, -0.05) is 6.07 Å². The first-order chi connectivity index (χ1) is 14.7. The van der Waals surface area contributed by atoms with Gasteiger partial charge in [-0.25, -0.2) is 15.0 Å². The molecule has 30 heavy (non-hydrogen) atoms. The van der Waals surface area contributed by atoms with Crippen LogP contribution in [0.5, 0.6) is 11.5 Å². The van der Waals surface area contributed by atoms with Gasteiger partial charge in [-0.05, 0) is 19.1 Å². The Morgan fingerprint density at radius 2 is 1.80 bits per heavy atom. The van der Waals surface area contributed by atoms with Gasteiger partial charge in [-0.3, -0.25) is 9.36 Å². The molecule has 0 radical (unpaired) electrons. The molecule has 0 aliphatic carbocycles. The van der Waals surface area contributed by atoms with Crippen molar-refractivity contribution in [1.29, 1.82) is 0 Å². The summed E-state index contributed by atoms with van der Waals surface area (Å²) >= 11 is 0. The van der Waals surface area contributed by atoms with E-state index in [9.17, 15) is 4.79 Å². The van der Waals surface area contributed by atoms with Crippen LogP contribution < -0.4 is 14.4 Å². The third-order valence-corrected chi connectivity index (χ3v) is 5.40. The molecule has 4 heterocycles. The molecular formula is C21H22N6O3. The number of rotatable bonds is 3. The van der Waals surface area contributed by atoms with E-state index in [0.29, 0.717) is 56.5 Å². The van der Waals surface area contributed by atoms with Crippen LogP contribution in [0.4, 0.5) is 5.82 Å². The van der Waals surface area contributed by atoms with Crippen LogP contribution in [0.3, 0.4) is 0 Å². The first-order valence-corrected chi connectivity index (χ1v) is 9.96. The summed E-state index contributed by atoms with van der Waals surface area (Å²) in [5.41, 5.74) is 0.556. The Morgan fingerprint density at radius 1 is 1.00 bits per heavy atom. The second-order valence-electron chi connectivity index (χ2n) is 7.19. The summed E-state index contributed by atoms with van der Waals surface area (Å²) in [5.74, 6) is 3.64. The summed E-state index contributed by atoms with van der Waals surface area (Å²) < 4.78 is 13.2. The average Bonchev–Trinajstić information content (AvgIpc) is 3.24. The maximum Gasteiger partial charge on any atom is 0.257 e. The van der Waals surface area contributed by atoms with E-state index in [0.717, 1.165) is 17.5 Å². The normalized spacial score (nSPS) is 15.9. The van der Waals surface area contributed by atoms with E-state index in [1.165, 1.54) is 0 Å². The zero-order valence-corrected chi connectivity index (χ0v) is 16.7. The van der Waals surface area contributed by atoms with E-state index in [4.69, 9.17) is 9.47 Å². The molecule has 0 spiro atoms. The maximum atomic E-state index is 13.1. The maximum absolute atomic E-state index is 13.1. The van der Waals surface area contributed by atoms with Crippen molar-refractivity contribution in [3.63, 3.8) is 0 Å². The Labute approximate surface area is 173 Å². The molecule has 1 aromatic carbocycles. The summed E-state index contributed by atoms with van der Waals surface area (Å²) in [6.07, 6.45) is 5.19. The first-order valence-electron chi connectivity index (χ1n) is 9.96.